The molecule has 0 radical (unpaired) electrons. The zero-order valence-corrected chi connectivity index (χ0v) is 11.5. The Balaban J connectivity index is 2.58. The van der Waals surface area contributed by atoms with E-state index in [4.69, 9.17) is 0 Å². The molecule has 1 aromatic carbocycles. The SMILES string of the molecule is N#CC(=C1NC=CCC1C(F)(F)F)c1cccc(C(F)(F)F)c1. The van der Waals surface area contributed by atoms with Crippen LogP contribution in [0.3, 0.4) is 0 Å². The first-order chi connectivity index (χ1) is 10.6. The van der Waals surface area contributed by atoms with Crippen molar-refractivity contribution >= 4 is 5.57 Å². The second kappa shape index (κ2) is 5.99. The van der Waals surface area contributed by atoms with Gasteiger partial charge in [-0.25, -0.2) is 0 Å². The van der Waals surface area contributed by atoms with E-state index in [-0.39, 0.29) is 12.0 Å². The van der Waals surface area contributed by atoms with Gasteiger partial charge >= 0.3 is 12.4 Å². The molecule has 0 spiro atoms. The van der Waals surface area contributed by atoms with Crippen molar-refractivity contribution in [2.45, 2.75) is 18.8 Å². The Morgan fingerprint density at radius 3 is 2.43 bits per heavy atom. The molecule has 1 atom stereocenters. The number of hydrogen-bond donors (Lipinski definition) is 1. The fourth-order valence-corrected chi connectivity index (χ4v) is 2.25. The average Bonchev–Trinajstić information content (AvgIpc) is 2.47. The standard InChI is InChI=1S/C15H10F6N2/c16-14(17,18)10-4-1-3-9(7-10)11(8-22)13-12(15(19,20)21)5-2-6-23-13/h1-4,6-7,12,23H,5H2. The summed E-state index contributed by atoms with van der Waals surface area (Å²) in [5.74, 6) is -1.96. The number of rotatable bonds is 1. The maximum absolute atomic E-state index is 13.1. The molecule has 2 rings (SSSR count). The molecule has 0 bridgehead atoms. The van der Waals surface area contributed by atoms with Crippen LogP contribution < -0.4 is 5.32 Å². The van der Waals surface area contributed by atoms with Crippen LogP contribution in [-0.2, 0) is 6.18 Å². The van der Waals surface area contributed by atoms with Crippen LogP contribution >= 0.6 is 0 Å². The number of allylic oxidation sites excluding steroid dienone is 3. The lowest BCUT2D eigenvalue weighted by Crippen LogP contribution is -2.32. The van der Waals surface area contributed by atoms with Crippen molar-refractivity contribution in [2.75, 3.05) is 0 Å². The van der Waals surface area contributed by atoms with Crippen LogP contribution in [0.2, 0.25) is 0 Å². The second-order valence-electron chi connectivity index (χ2n) is 4.86. The summed E-state index contributed by atoms with van der Waals surface area (Å²) in [4.78, 5) is 0. The highest BCUT2D eigenvalue weighted by Crippen LogP contribution is 2.39. The molecule has 2 nitrogen and oxygen atoms in total. The Bertz CT molecular complexity index is 691. The molecule has 1 unspecified atom stereocenters. The minimum Gasteiger partial charge on any atom is -0.364 e. The van der Waals surface area contributed by atoms with E-state index < -0.39 is 35.1 Å². The quantitative estimate of drug-likeness (QED) is 0.601. The second-order valence-corrected chi connectivity index (χ2v) is 4.86. The van der Waals surface area contributed by atoms with Gasteiger partial charge in [-0.1, -0.05) is 18.2 Å². The van der Waals surface area contributed by atoms with Crippen LogP contribution in [0.25, 0.3) is 5.57 Å². The van der Waals surface area contributed by atoms with Gasteiger partial charge in [0.15, 0.2) is 0 Å². The number of benzene rings is 1. The Labute approximate surface area is 127 Å². The van der Waals surface area contributed by atoms with Gasteiger partial charge in [-0.15, -0.1) is 0 Å². The number of hydrogen-bond acceptors (Lipinski definition) is 2. The van der Waals surface area contributed by atoms with Crippen molar-refractivity contribution in [3.05, 3.63) is 53.4 Å². The monoisotopic (exact) mass is 332 g/mol. The van der Waals surface area contributed by atoms with E-state index in [1.807, 2.05) is 0 Å². The third-order valence-corrected chi connectivity index (χ3v) is 3.33. The smallest absolute Gasteiger partial charge is 0.364 e. The van der Waals surface area contributed by atoms with Crippen molar-refractivity contribution in [1.29, 1.82) is 5.26 Å². The molecule has 23 heavy (non-hydrogen) atoms. The highest BCUT2D eigenvalue weighted by atomic mass is 19.4. The van der Waals surface area contributed by atoms with Crippen LogP contribution in [0, 0.1) is 17.2 Å². The van der Waals surface area contributed by atoms with E-state index in [1.165, 1.54) is 18.3 Å². The molecule has 0 fully saturated rings. The van der Waals surface area contributed by atoms with Crippen LogP contribution in [-0.4, -0.2) is 6.18 Å². The molecule has 1 heterocycles. The van der Waals surface area contributed by atoms with Crippen LogP contribution in [0.15, 0.2) is 42.2 Å². The number of nitriles is 1. The van der Waals surface area contributed by atoms with Crippen molar-refractivity contribution in [1.82, 2.24) is 5.32 Å². The van der Waals surface area contributed by atoms with Crippen molar-refractivity contribution in [2.24, 2.45) is 5.92 Å². The molecule has 0 amide bonds. The number of nitrogens with zero attached hydrogens (tertiary/aromatic N) is 1. The summed E-state index contributed by atoms with van der Waals surface area (Å²) < 4.78 is 77.4. The van der Waals surface area contributed by atoms with E-state index in [2.05, 4.69) is 5.32 Å². The third kappa shape index (κ3) is 3.67. The zero-order chi connectivity index (χ0) is 17.3. The molecule has 8 heteroatoms. The van der Waals surface area contributed by atoms with Gasteiger partial charge in [-0.2, -0.15) is 31.6 Å². The third-order valence-electron chi connectivity index (χ3n) is 3.33. The fraction of sp³-hybridized carbons (Fsp3) is 0.267. The number of halogens is 6. The minimum atomic E-state index is -4.65. The van der Waals surface area contributed by atoms with Crippen LogP contribution in [0.5, 0.6) is 0 Å². The van der Waals surface area contributed by atoms with E-state index in [1.54, 1.807) is 6.07 Å². The Kier molecular flexibility index (Phi) is 4.41. The first-order valence-corrected chi connectivity index (χ1v) is 6.44. The molecule has 122 valence electrons. The van der Waals surface area contributed by atoms with Gasteiger partial charge in [0, 0.05) is 5.70 Å². The fourth-order valence-electron chi connectivity index (χ4n) is 2.25. The number of nitrogens with one attached hydrogen (secondary N) is 1. The predicted molar refractivity (Wildman–Crippen MR) is 70.4 cm³/mol. The number of alkyl halides is 6. The van der Waals surface area contributed by atoms with E-state index >= 15 is 0 Å². The van der Waals surface area contributed by atoms with Gasteiger partial charge in [0.25, 0.3) is 0 Å². The largest absolute Gasteiger partial charge is 0.416 e. The van der Waals surface area contributed by atoms with Crippen LogP contribution in [0.1, 0.15) is 17.5 Å². The summed E-state index contributed by atoms with van der Waals surface area (Å²) in [6.07, 6.45) is -7.15. The van der Waals surface area contributed by atoms with Crippen molar-refractivity contribution in [3.8, 4) is 6.07 Å². The molecule has 0 saturated carbocycles. The van der Waals surface area contributed by atoms with Crippen LogP contribution in [0.4, 0.5) is 26.3 Å². The van der Waals surface area contributed by atoms with Gasteiger partial charge in [0.1, 0.15) is 6.07 Å². The van der Waals surface area contributed by atoms with Crippen molar-refractivity contribution < 1.29 is 26.3 Å². The highest BCUT2D eigenvalue weighted by Gasteiger charge is 2.43. The lowest BCUT2D eigenvalue weighted by molar-refractivity contribution is -0.164. The minimum absolute atomic E-state index is 0.214. The summed E-state index contributed by atoms with van der Waals surface area (Å²) in [5, 5.41) is 11.5. The highest BCUT2D eigenvalue weighted by molar-refractivity contribution is 5.80. The Morgan fingerprint density at radius 1 is 1.17 bits per heavy atom. The molecule has 0 aromatic heterocycles. The molecular formula is C15H10F6N2. The van der Waals surface area contributed by atoms with E-state index in [9.17, 15) is 31.6 Å². The summed E-state index contributed by atoms with van der Waals surface area (Å²) in [6, 6.07) is 5.27. The van der Waals surface area contributed by atoms with Gasteiger partial charge in [-0.3, -0.25) is 0 Å². The molecule has 1 N–H and O–H groups in total. The molecule has 1 aromatic rings. The maximum atomic E-state index is 13.1. The van der Waals surface area contributed by atoms with E-state index in [0.29, 0.717) is 6.07 Å². The Hall–Kier alpha value is -2.43. The lowest BCUT2D eigenvalue weighted by Gasteiger charge is -2.26. The summed E-state index contributed by atoms with van der Waals surface area (Å²) >= 11 is 0. The zero-order valence-electron chi connectivity index (χ0n) is 11.5. The molecular weight excluding hydrogens is 322 g/mol. The van der Waals surface area contributed by atoms with Gasteiger partial charge in [0.05, 0.1) is 17.1 Å². The molecule has 1 aliphatic heterocycles. The first kappa shape index (κ1) is 16.9. The predicted octanol–water partition coefficient (Wildman–Crippen LogP) is 4.63. The van der Waals surface area contributed by atoms with Crippen molar-refractivity contribution in [3.63, 3.8) is 0 Å². The maximum Gasteiger partial charge on any atom is 0.416 e. The summed E-state index contributed by atoms with van der Waals surface area (Å²) in [5.41, 5.74) is -2.14. The summed E-state index contributed by atoms with van der Waals surface area (Å²) in [7, 11) is 0. The molecule has 0 saturated heterocycles. The molecule has 0 aliphatic carbocycles. The lowest BCUT2D eigenvalue weighted by atomic mass is 9.91. The average molecular weight is 332 g/mol. The van der Waals surface area contributed by atoms with E-state index in [0.717, 1.165) is 12.1 Å². The van der Waals surface area contributed by atoms with Gasteiger partial charge in [-0.05, 0) is 30.3 Å². The molecule has 1 aliphatic rings. The Morgan fingerprint density at radius 2 is 1.87 bits per heavy atom. The van der Waals surface area contributed by atoms with Gasteiger partial charge in [0.2, 0.25) is 0 Å². The topological polar surface area (TPSA) is 35.8 Å². The normalized spacial score (nSPS) is 20.7. The first-order valence-electron chi connectivity index (χ1n) is 6.44. The summed E-state index contributed by atoms with van der Waals surface area (Å²) in [6.45, 7) is 0. The van der Waals surface area contributed by atoms with Gasteiger partial charge < -0.3 is 5.32 Å².